The van der Waals surface area contributed by atoms with Crippen molar-refractivity contribution in [3.63, 3.8) is 0 Å². The number of hydrogen-bond acceptors (Lipinski definition) is 4. The van der Waals surface area contributed by atoms with E-state index in [2.05, 4.69) is 30.9 Å². The van der Waals surface area contributed by atoms with Crippen LogP contribution in [0, 0.1) is 11.3 Å². The number of nitrogens with zero attached hydrogens (tertiary/aromatic N) is 2. The quantitative estimate of drug-likeness (QED) is 0.779. The Bertz CT molecular complexity index is 520. The van der Waals surface area contributed by atoms with Gasteiger partial charge in [-0.25, -0.2) is 0 Å². The van der Waals surface area contributed by atoms with Crippen LogP contribution in [0.4, 0.5) is 0 Å². The minimum absolute atomic E-state index is 0.229. The Morgan fingerprint density at radius 2 is 2.19 bits per heavy atom. The second-order valence-electron chi connectivity index (χ2n) is 6.16. The highest BCUT2D eigenvalue weighted by Gasteiger charge is 2.29. The maximum atomic E-state index is 8.62. The molecule has 4 heteroatoms. The Morgan fingerprint density at radius 3 is 2.90 bits per heavy atom. The van der Waals surface area contributed by atoms with Crippen LogP contribution in [0.25, 0.3) is 0 Å². The summed E-state index contributed by atoms with van der Waals surface area (Å²) in [5.74, 6) is 1.74. The van der Waals surface area contributed by atoms with Gasteiger partial charge in [0.2, 0.25) is 0 Å². The molecule has 1 aromatic rings. The van der Waals surface area contributed by atoms with Crippen LogP contribution < -0.4 is 9.47 Å². The van der Waals surface area contributed by atoms with Crippen molar-refractivity contribution in [2.75, 3.05) is 20.2 Å². The van der Waals surface area contributed by atoms with Gasteiger partial charge in [0.25, 0.3) is 0 Å². The van der Waals surface area contributed by atoms with E-state index in [-0.39, 0.29) is 5.60 Å². The summed E-state index contributed by atoms with van der Waals surface area (Å²) in [5, 5.41) is 8.62. The van der Waals surface area contributed by atoms with Crippen LogP contribution in [0.2, 0.25) is 0 Å². The number of hydrogen-bond donors (Lipinski definition) is 0. The fourth-order valence-corrected chi connectivity index (χ4v) is 2.75. The number of fused-ring (bicyclic) bond motifs is 1. The van der Waals surface area contributed by atoms with Gasteiger partial charge in [-0.15, -0.1) is 0 Å². The third-order valence-corrected chi connectivity index (χ3v) is 3.67. The van der Waals surface area contributed by atoms with E-state index in [9.17, 15) is 0 Å². The molecule has 4 nitrogen and oxygen atoms in total. The summed E-state index contributed by atoms with van der Waals surface area (Å²) in [7, 11) is 1.67. The van der Waals surface area contributed by atoms with Crippen LogP contribution >= 0.6 is 0 Å². The summed E-state index contributed by atoms with van der Waals surface area (Å²) in [6.07, 6.45) is 2.65. The van der Waals surface area contributed by atoms with Gasteiger partial charge in [0, 0.05) is 31.1 Å². The molecular formula is C17H24N2O2. The Morgan fingerprint density at radius 1 is 1.38 bits per heavy atom. The van der Waals surface area contributed by atoms with E-state index in [0.717, 1.165) is 44.0 Å². The highest BCUT2D eigenvalue weighted by molar-refractivity contribution is 5.41. The van der Waals surface area contributed by atoms with E-state index >= 15 is 0 Å². The fourth-order valence-electron chi connectivity index (χ4n) is 2.75. The zero-order chi connectivity index (χ0) is 15.3. The van der Waals surface area contributed by atoms with Crippen LogP contribution in [0.15, 0.2) is 18.2 Å². The number of benzene rings is 1. The van der Waals surface area contributed by atoms with Crippen molar-refractivity contribution < 1.29 is 9.47 Å². The van der Waals surface area contributed by atoms with Gasteiger partial charge in [0.15, 0.2) is 0 Å². The van der Waals surface area contributed by atoms with Crippen molar-refractivity contribution in [2.45, 2.75) is 45.3 Å². The zero-order valence-electron chi connectivity index (χ0n) is 13.2. The zero-order valence-corrected chi connectivity index (χ0v) is 13.2. The van der Waals surface area contributed by atoms with E-state index in [1.165, 1.54) is 5.56 Å². The molecule has 21 heavy (non-hydrogen) atoms. The number of nitriles is 1. The van der Waals surface area contributed by atoms with Gasteiger partial charge in [-0.3, -0.25) is 4.90 Å². The van der Waals surface area contributed by atoms with Gasteiger partial charge in [0.05, 0.1) is 13.2 Å². The van der Waals surface area contributed by atoms with Gasteiger partial charge in [0.1, 0.15) is 17.1 Å². The summed E-state index contributed by atoms with van der Waals surface area (Å²) in [6, 6.07) is 8.24. The first kappa shape index (κ1) is 15.7. The Balaban J connectivity index is 2.11. The first-order valence-electron chi connectivity index (χ1n) is 7.49. The molecule has 1 heterocycles. The minimum Gasteiger partial charge on any atom is -0.497 e. The molecule has 0 unspecified atom stereocenters. The topological polar surface area (TPSA) is 45.5 Å². The number of unbranched alkanes of at least 4 members (excludes halogenated alkanes) is 2. The smallest absolute Gasteiger partial charge is 0.128 e. The molecule has 0 radical (unpaired) electrons. The van der Waals surface area contributed by atoms with Crippen molar-refractivity contribution in [2.24, 2.45) is 0 Å². The van der Waals surface area contributed by atoms with E-state index in [0.29, 0.717) is 6.42 Å². The first-order chi connectivity index (χ1) is 10.0. The van der Waals surface area contributed by atoms with Gasteiger partial charge in [-0.05, 0) is 39.3 Å². The van der Waals surface area contributed by atoms with Crippen molar-refractivity contribution >= 4 is 0 Å². The van der Waals surface area contributed by atoms with Gasteiger partial charge < -0.3 is 9.47 Å². The van der Waals surface area contributed by atoms with E-state index in [4.69, 9.17) is 14.7 Å². The molecular weight excluding hydrogens is 264 g/mol. The van der Waals surface area contributed by atoms with Crippen molar-refractivity contribution in [1.82, 2.24) is 4.90 Å². The molecule has 0 N–H and O–H groups in total. The molecule has 114 valence electrons. The molecule has 1 aromatic carbocycles. The molecule has 0 aromatic heterocycles. The maximum Gasteiger partial charge on any atom is 0.128 e. The second kappa shape index (κ2) is 6.82. The maximum absolute atomic E-state index is 8.62. The van der Waals surface area contributed by atoms with E-state index in [1.54, 1.807) is 7.11 Å². The fraction of sp³-hybridized carbons (Fsp3) is 0.588. The summed E-state index contributed by atoms with van der Waals surface area (Å²) in [6.45, 7) is 7.00. The van der Waals surface area contributed by atoms with Gasteiger partial charge >= 0.3 is 0 Å². The molecule has 0 saturated heterocycles. The highest BCUT2D eigenvalue weighted by atomic mass is 16.5. The molecule has 0 fully saturated rings. The summed E-state index contributed by atoms with van der Waals surface area (Å²) >= 11 is 0. The molecule has 0 saturated carbocycles. The van der Waals surface area contributed by atoms with Crippen LogP contribution in [-0.2, 0) is 6.54 Å². The molecule has 0 spiro atoms. The Kier molecular flexibility index (Phi) is 5.08. The molecule has 2 rings (SSSR count). The normalized spacial score (nSPS) is 17.2. The lowest BCUT2D eigenvalue weighted by Crippen LogP contribution is -2.40. The number of ether oxygens (including phenoxy) is 2. The molecule has 1 aliphatic rings. The minimum atomic E-state index is -0.229. The van der Waals surface area contributed by atoms with E-state index in [1.807, 2.05) is 12.1 Å². The lowest BCUT2D eigenvalue weighted by atomic mass is 10.1. The third-order valence-electron chi connectivity index (χ3n) is 3.67. The summed E-state index contributed by atoms with van der Waals surface area (Å²) in [5.41, 5.74) is 0.967. The Hall–Kier alpha value is -1.73. The van der Waals surface area contributed by atoms with Crippen molar-refractivity contribution in [1.29, 1.82) is 5.26 Å². The van der Waals surface area contributed by atoms with Crippen LogP contribution in [-0.4, -0.2) is 30.7 Å². The molecule has 0 bridgehead atoms. The SMILES string of the molecule is COc1ccc2c(c1)OC(C)(C)CN(CCCCC#N)C2. The van der Waals surface area contributed by atoms with Gasteiger partial charge in [-0.2, -0.15) is 5.26 Å². The van der Waals surface area contributed by atoms with Crippen LogP contribution in [0.3, 0.4) is 0 Å². The van der Waals surface area contributed by atoms with Crippen LogP contribution in [0.5, 0.6) is 11.5 Å². The Labute approximate surface area is 127 Å². The second-order valence-corrected chi connectivity index (χ2v) is 6.16. The standard InChI is InChI=1S/C17H24N2O2/c1-17(2)13-19(10-6-4-5-9-18)12-14-7-8-15(20-3)11-16(14)21-17/h7-8,11H,4-6,10,12-13H2,1-3H3. The number of rotatable bonds is 5. The average molecular weight is 288 g/mol. The average Bonchev–Trinajstić information content (AvgIpc) is 2.56. The highest BCUT2D eigenvalue weighted by Crippen LogP contribution is 2.32. The third kappa shape index (κ3) is 4.37. The monoisotopic (exact) mass is 288 g/mol. The van der Waals surface area contributed by atoms with Crippen molar-refractivity contribution in [3.8, 4) is 17.6 Å². The lowest BCUT2D eigenvalue weighted by Gasteiger charge is -2.29. The summed E-state index contributed by atoms with van der Waals surface area (Å²) < 4.78 is 11.5. The molecule has 0 amide bonds. The predicted molar refractivity (Wildman–Crippen MR) is 82.4 cm³/mol. The molecule has 0 atom stereocenters. The summed E-state index contributed by atoms with van der Waals surface area (Å²) in [4.78, 5) is 2.41. The number of methoxy groups -OCH3 is 1. The molecule has 0 aliphatic carbocycles. The predicted octanol–water partition coefficient (Wildman–Crippen LogP) is 3.36. The van der Waals surface area contributed by atoms with Gasteiger partial charge in [-0.1, -0.05) is 6.07 Å². The van der Waals surface area contributed by atoms with E-state index < -0.39 is 0 Å². The molecule has 1 aliphatic heterocycles. The first-order valence-corrected chi connectivity index (χ1v) is 7.49. The van der Waals surface area contributed by atoms with Crippen molar-refractivity contribution in [3.05, 3.63) is 23.8 Å². The van der Waals surface area contributed by atoms with Crippen LogP contribution in [0.1, 0.15) is 38.7 Å². The lowest BCUT2D eigenvalue weighted by molar-refractivity contribution is 0.0704. The largest absolute Gasteiger partial charge is 0.497 e.